The normalized spacial score (nSPS) is 10.9. The average Bonchev–Trinajstić information content (AvgIpc) is 2.86. The fourth-order valence-corrected chi connectivity index (χ4v) is 1.91. The summed E-state index contributed by atoms with van der Waals surface area (Å²) in [6.07, 6.45) is 1.73. The van der Waals surface area contributed by atoms with E-state index in [4.69, 9.17) is 5.73 Å². The van der Waals surface area contributed by atoms with Crippen LogP contribution in [0.1, 0.15) is 0 Å². The molecule has 0 atom stereocenters. The fourth-order valence-electron chi connectivity index (χ4n) is 1.35. The molecule has 74 valence electrons. The summed E-state index contributed by atoms with van der Waals surface area (Å²) in [4.78, 5) is 8.49. The second-order valence-electron chi connectivity index (χ2n) is 2.99. The molecule has 15 heavy (non-hydrogen) atoms. The summed E-state index contributed by atoms with van der Waals surface area (Å²) >= 11 is 1.51. The number of thiazole rings is 1. The zero-order chi connectivity index (χ0) is 10.3. The van der Waals surface area contributed by atoms with Gasteiger partial charge in [0.2, 0.25) is 5.82 Å². The first-order valence-corrected chi connectivity index (χ1v) is 5.24. The van der Waals surface area contributed by atoms with Gasteiger partial charge in [0.15, 0.2) is 10.7 Å². The van der Waals surface area contributed by atoms with Crippen molar-refractivity contribution in [2.75, 3.05) is 5.73 Å². The summed E-state index contributed by atoms with van der Waals surface area (Å²) in [5, 5.41) is 6.98. The third-order valence-corrected chi connectivity index (χ3v) is 2.78. The van der Waals surface area contributed by atoms with Crippen molar-refractivity contribution in [2.45, 2.75) is 0 Å². The van der Waals surface area contributed by atoms with Crippen LogP contribution in [-0.2, 0) is 0 Å². The molecular weight excluding hydrogens is 210 g/mol. The summed E-state index contributed by atoms with van der Waals surface area (Å²) in [6, 6.07) is 5.50. The Labute approximate surface area is 89.2 Å². The Kier molecular flexibility index (Phi) is 1.69. The maximum absolute atomic E-state index is 5.77. The minimum atomic E-state index is 0.572. The third kappa shape index (κ3) is 1.26. The lowest BCUT2D eigenvalue weighted by Crippen LogP contribution is -1.97. The molecule has 6 heteroatoms. The van der Waals surface area contributed by atoms with E-state index in [1.807, 2.05) is 17.5 Å². The highest BCUT2D eigenvalue weighted by Gasteiger charge is 2.08. The number of pyridine rings is 1. The summed E-state index contributed by atoms with van der Waals surface area (Å²) < 4.78 is 1.61. The maximum atomic E-state index is 5.77. The number of aromatic nitrogens is 4. The number of hydrogen-bond acceptors (Lipinski definition) is 5. The Hall–Kier alpha value is -1.95. The third-order valence-electron chi connectivity index (χ3n) is 2.01. The lowest BCUT2D eigenvalue weighted by molar-refractivity contribution is 0.977. The molecule has 0 saturated heterocycles. The first-order valence-electron chi connectivity index (χ1n) is 4.36. The number of nitrogen functional groups attached to an aromatic ring is 1. The van der Waals surface area contributed by atoms with Crippen molar-refractivity contribution >= 4 is 22.8 Å². The minimum absolute atomic E-state index is 0.572. The lowest BCUT2D eigenvalue weighted by atomic mass is 10.4. The van der Waals surface area contributed by atoms with Crippen LogP contribution in [-0.4, -0.2) is 19.6 Å². The molecule has 0 bridgehead atoms. The molecule has 0 aliphatic rings. The molecule has 0 aromatic carbocycles. The quantitative estimate of drug-likeness (QED) is 0.669. The smallest absolute Gasteiger partial charge is 0.211 e. The lowest BCUT2D eigenvalue weighted by Gasteiger charge is -1.93. The second-order valence-corrected chi connectivity index (χ2v) is 3.89. The Morgan fingerprint density at radius 1 is 1.33 bits per heavy atom. The number of anilines is 1. The van der Waals surface area contributed by atoms with Gasteiger partial charge < -0.3 is 5.73 Å². The SMILES string of the molecule is Nc1cccc2nc(-c3nccs3)nn12. The minimum Gasteiger partial charge on any atom is -0.384 e. The Bertz CT molecular complexity index is 598. The number of nitrogens with zero attached hydrogens (tertiary/aromatic N) is 4. The van der Waals surface area contributed by atoms with E-state index in [0.717, 1.165) is 10.7 Å². The highest BCUT2D eigenvalue weighted by Crippen LogP contribution is 2.19. The van der Waals surface area contributed by atoms with Gasteiger partial charge in [0, 0.05) is 11.6 Å². The summed E-state index contributed by atoms with van der Waals surface area (Å²) in [5.41, 5.74) is 6.50. The Morgan fingerprint density at radius 3 is 3.00 bits per heavy atom. The van der Waals surface area contributed by atoms with E-state index in [2.05, 4.69) is 15.1 Å². The zero-order valence-electron chi connectivity index (χ0n) is 7.66. The Balaban J connectivity index is 2.27. The topological polar surface area (TPSA) is 69.1 Å². The standard InChI is InChI=1S/C9H7N5S/c10-6-2-1-3-7-12-8(13-14(6)7)9-11-4-5-15-9/h1-5H,10H2. The predicted octanol–water partition coefficient (Wildman–Crippen LogP) is 1.44. The van der Waals surface area contributed by atoms with Crippen LogP contribution in [0.4, 0.5) is 5.82 Å². The molecular formula is C9H7N5S. The molecule has 5 nitrogen and oxygen atoms in total. The van der Waals surface area contributed by atoms with E-state index in [9.17, 15) is 0 Å². The zero-order valence-corrected chi connectivity index (χ0v) is 8.48. The maximum Gasteiger partial charge on any atom is 0.211 e. The van der Waals surface area contributed by atoms with Gasteiger partial charge in [-0.2, -0.15) is 4.52 Å². The van der Waals surface area contributed by atoms with Gasteiger partial charge in [-0.05, 0) is 12.1 Å². The van der Waals surface area contributed by atoms with Crippen LogP contribution in [0.3, 0.4) is 0 Å². The number of nitrogens with two attached hydrogens (primary N) is 1. The van der Waals surface area contributed by atoms with Gasteiger partial charge >= 0.3 is 0 Å². The predicted molar refractivity (Wildman–Crippen MR) is 58.5 cm³/mol. The van der Waals surface area contributed by atoms with Gasteiger partial charge in [-0.15, -0.1) is 16.4 Å². The van der Waals surface area contributed by atoms with Crippen LogP contribution in [0.5, 0.6) is 0 Å². The van der Waals surface area contributed by atoms with Crippen LogP contribution in [0.25, 0.3) is 16.5 Å². The molecule has 0 fully saturated rings. The molecule has 2 N–H and O–H groups in total. The van der Waals surface area contributed by atoms with Gasteiger partial charge in [-0.1, -0.05) is 6.07 Å². The highest BCUT2D eigenvalue weighted by molar-refractivity contribution is 7.13. The molecule has 0 unspecified atom stereocenters. The molecule has 0 radical (unpaired) electrons. The molecule has 0 spiro atoms. The number of hydrogen-bond donors (Lipinski definition) is 1. The number of rotatable bonds is 1. The molecule has 0 aliphatic heterocycles. The van der Waals surface area contributed by atoms with Crippen molar-refractivity contribution in [3.8, 4) is 10.8 Å². The summed E-state index contributed by atoms with van der Waals surface area (Å²) in [6.45, 7) is 0. The largest absolute Gasteiger partial charge is 0.384 e. The molecule has 3 aromatic heterocycles. The van der Waals surface area contributed by atoms with E-state index in [1.165, 1.54) is 11.3 Å². The van der Waals surface area contributed by atoms with E-state index in [0.29, 0.717) is 11.6 Å². The molecule has 0 saturated carbocycles. The van der Waals surface area contributed by atoms with Gasteiger partial charge in [0.05, 0.1) is 0 Å². The van der Waals surface area contributed by atoms with E-state index in [1.54, 1.807) is 16.8 Å². The van der Waals surface area contributed by atoms with Gasteiger partial charge in [-0.25, -0.2) is 9.97 Å². The van der Waals surface area contributed by atoms with Crippen LogP contribution < -0.4 is 5.73 Å². The van der Waals surface area contributed by atoms with Crippen molar-refractivity contribution in [3.63, 3.8) is 0 Å². The van der Waals surface area contributed by atoms with Crippen molar-refractivity contribution in [1.29, 1.82) is 0 Å². The molecule has 0 aliphatic carbocycles. The van der Waals surface area contributed by atoms with Crippen molar-refractivity contribution in [1.82, 2.24) is 19.6 Å². The summed E-state index contributed by atoms with van der Waals surface area (Å²) in [7, 11) is 0. The van der Waals surface area contributed by atoms with Gasteiger partial charge in [-0.3, -0.25) is 0 Å². The van der Waals surface area contributed by atoms with E-state index < -0.39 is 0 Å². The van der Waals surface area contributed by atoms with E-state index >= 15 is 0 Å². The van der Waals surface area contributed by atoms with Crippen LogP contribution in [0.15, 0.2) is 29.8 Å². The Morgan fingerprint density at radius 2 is 2.27 bits per heavy atom. The van der Waals surface area contributed by atoms with Crippen LogP contribution in [0.2, 0.25) is 0 Å². The monoisotopic (exact) mass is 217 g/mol. The van der Waals surface area contributed by atoms with E-state index in [-0.39, 0.29) is 0 Å². The van der Waals surface area contributed by atoms with Crippen molar-refractivity contribution < 1.29 is 0 Å². The van der Waals surface area contributed by atoms with Crippen molar-refractivity contribution in [3.05, 3.63) is 29.8 Å². The number of fused-ring (bicyclic) bond motifs is 1. The second kappa shape index (κ2) is 3.03. The van der Waals surface area contributed by atoms with Gasteiger partial charge in [0.1, 0.15) is 5.82 Å². The fraction of sp³-hybridized carbons (Fsp3) is 0. The van der Waals surface area contributed by atoms with Crippen molar-refractivity contribution in [2.24, 2.45) is 0 Å². The molecule has 3 heterocycles. The van der Waals surface area contributed by atoms with Gasteiger partial charge in [0.25, 0.3) is 0 Å². The van der Waals surface area contributed by atoms with Crippen LogP contribution >= 0.6 is 11.3 Å². The highest BCUT2D eigenvalue weighted by atomic mass is 32.1. The summed E-state index contributed by atoms with van der Waals surface area (Å²) in [5.74, 6) is 1.19. The molecule has 0 amide bonds. The first kappa shape index (κ1) is 8.37. The first-order chi connectivity index (χ1) is 7.34. The van der Waals surface area contributed by atoms with Crippen LogP contribution in [0, 0.1) is 0 Å². The molecule has 3 aromatic rings. The molecule has 3 rings (SSSR count). The average molecular weight is 217 g/mol.